The average molecular weight is 557 g/mol. The normalized spacial score (nSPS) is 21.9. The fraction of sp³-hybridized carbons (Fsp3) is 0.741. The van der Waals surface area contributed by atoms with Gasteiger partial charge in [0, 0.05) is 37.0 Å². The van der Waals surface area contributed by atoms with E-state index in [1.54, 1.807) is 12.1 Å². The second-order valence-electron chi connectivity index (χ2n) is 11.0. The Morgan fingerprint density at radius 1 is 1.24 bits per heavy atom. The molecule has 3 rings (SSSR count). The van der Waals surface area contributed by atoms with Crippen LogP contribution in [0.25, 0.3) is 0 Å². The Balaban J connectivity index is 1.69. The van der Waals surface area contributed by atoms with Crippen molar-refractivity contribution in [1.82, 2.24) is 14.9 Å². The minimum Gasteiger partial charge on any atom is -0.385 e. The molecule has 1 saturated heterocycles. The van der Waals surface area contributed by atoms with Crippen LogP contribution >= 0.6 is 11.6 Å². The number of benzene rings is 1. The van der Waals surface area contributed by atoms with E-state index in [0.717, 1.165) is 25.8 Å². The van der Waals surface area contributed by atoms with Crippen LogP contribution in [-0.2, 0) is 20.6 Å². The molecule has 8 nitrogen and oxygen atoms in total. The molecule has 0 spiro atoms. The van der Waals surface area contributed by atoms with Gasteiger partial charge in [0.2, 0.25) is 5.91 Å². The quantitative estimate of drug-likeness (QED) is 0.277. The maximum Gasteiger partial charge on any atom is 0.274 e. The van der Waals surface area contributed by atoms with Crippen LogP contribution in [0.3, 0.4) is 0 Å². The van der Waals surface area contributed by atoms with Crippen molar-refractivity contribution >= 4 is 27.7 Å². The van der Waals surface area contributed by atoms with Gasteiger partial charge in [-0.3, -0.25) is 4.79 Å². The van der Waals surface area contributed by atoms with Crippen LogP contribution in [0.4, 0.5) is 0 Å². The maximum absolute atomic E-state index is 13.5. The molecule has 3 atom stereocenters. The molecule has 2 fully saturated rings. The summed E-state index contributed by atoms with van der Waals surface area (Å²) < 4.78 is 24.9. The lowest BCUT2D eigenvalue weighted by Crippen LogP contribution is -2.49. The van der Waals surface area contributed by atoms with Crippen LogP contribution in [0.15, 0.2) is 24.3 Å². The Kier molecular flexibility index (Phi) is 11.7. The zero-order valence-electron chi connectivity index (χ0n) is 22.1. The number of carbonyl (C=O) groups is 1. The summed E-state index contributed by atoms with van der Waals surface area (Å²) in [4.78, 5) is 15.4. The zero-order valence-corrected chi connectivity index (χ0v) is 23.7. The SMILES string of the molecule is CNC[C@@H](CC(=O)N1CCC[C@@H]([C@@](O)(CCCNS(N)(=O)=O)c2cccc(Cl)c2)C1)CC1CCCCC1. The Morgan fingerprint density at radius 2 is 2.00 bits per heavy atom. The third-order valence-electron chi connectivity index (χ3n) is 8.16. The van der Waals surface area contributed by atoms with Crippen LogP contribution in [-0.4, -0.2) is 57.6 Å². The lowest BCUT2D eigenvalue weighted by Gasteiger charge is -2.43. The van der Waals surface area contributed by atoms with Crippen molar-refractivity contribution in [2.75, 3.05) is 33.2 Å². The number of hydrogen-bond acceptors (Lipinski definition) is 5. The Morgan fingerprint density at radius 3 is 2.68 bits per heavy atom. The van der Waals surface area contributed by atoms with Crippen molar-refractivity contribution in [2.45, 2.75) is 76.2 Å². The standard InChI is InChI=1S/C27H45ClN4O4S/c1-30-19-22(16-21-8-3-2-4-9-21)17-26(33)32-15-6-11-24(20-32)27(34,13-7-14-31-37(29,35)36)23-10-5-12-25(28)18-23/h5,10,12,18,21-22,24,30-31,34H,2-4,6-9,11,13-17,19-20H2,1H3,(H2,29,35,36)/t22-,24-,27-/m1/s1. The second kappa shape index (κ2) is 14.2. The number of aliphatic hydroxyl groups is 1. The molecule has 1 aliphatic heterocycles. The lowest BCUT2D eigenvalue weighted by molar-refractivity contribution is -0.137. The molecule has 1 saturated carbocycles. The van der Waals surface area contributed by atoms with E-state index in [1.807, 2.05) is 24.1 Å². The van der Waals surface area contributed by atoms with Gasteiger partial charge in [-0.25, -0.2) is 9.86 Å². The zero-order chi connectivity index (χ0) is 26.9. The van der Waals surface area contributed by atoms with Gasteiger partial charge in [0.25, 0.3) is 10.2 Å². The van der Waals surface area contributed by atoms with Crippen LogP contribution in [0, 0.1) is 17.8 Å². The number of rotatable bonds is 13. The highest BCUT2D eigenvalue weighted by Crippen LogP contribution is 2.40. The highest BCUT2D eigenvalue weighted by Gasteiger charge is 2.41. The van der Waals surface area contributed by atoms with E-state index in [1.165, 1.54) is 32.1 Å². The van der Waals surface area contributed by atoms with Crippen molar-refractivity contribution < 1.29 is 18.3 Å². The largest absolute Gasteiger partial charge is 0.385 e. The second-order valence-corrected chi connectivity index (χ2v) is 12.8. The first-order chi connectivity index (χ1) is 17.6. The van der Waals surface area contributed by atoms with Gasteiger partial charge >= 0.3 is 0 Å². The van der Waals surface area contributed by atoms with Gasteiger partial charge in [-0.2, -0.15) is 8.42 Å². The van der Waals surface area contributed by atoms with Gasteiger partial charge in [0.15, 0.2) is 0 Å². The smallest absolute Gasteiger partial charge is 0.274 e. The van der Waals surface area contributed by atoms with E-state index in [9.17, 15) is 18.3 Å². The molecule has 0 bridgehead atoms. The number of amides is 1. The molecule has 37 heavy (non-hydrogen) atoms. The summed E-state index contributed by atoms with van der Waals surface area (Å²) in [5, 5.41) is 20.9. The fourth-order valence-electron chi connectivity index (χ4n) is 6.31. The van der Waals surface area contributed by atoms with E-state index in [-0.39, 0.29) is 18.4 Å². The summed E-state index contributed by atoms with van der Waals surface area (Å²) in [6.45, 7) is 2.14. The molecular formula is C27H45ClN4O4S. The molecule has 0 unspecified atom stereocenters. The first-order valence-corrected chi connectivity index (χ1v) is 15.7. The van der Waals surface area contributed by atoms with Crippen molar-refractivity contribution in [2.24, 2.45) is 22.9 Å². The van der Waals surface area contributed by atoms with Crippen LogP contribution in [0.1, 0.15) is 76.2 Å². The first-order valence-electron chi connectivity index (χ1n) is 13.8. The predicted molar refractivity (Wildman–Crippen MR) is 148 cm³/mol. The minimum atomic E-state index is -3.80. The van der Waals surface area contributed by atoms with Gasteiger partial charge in [-0.15, -0.1) is 0 Å². The summed E-state index contributed by atoms with van der Waals surface area (Å²) >= 11 is 6.27. The van der Waals surface area contributed by atoms with Crippen LogP contribution in [0.5, 0.6) is 0 Å². The van der Waals surface area contributed by atoms with Crippen LogP contribution < -0.4 is 15.2 Å². The Bertz CT molecular complexity index is 973. The molecule has 10 heteroatoms. The average Bonchev–Trinajstić information content (AvgIpc) is 2.87. The highest BCUT2D eigenvalue weighted by molar-refractivity contribution is 7.87. The third-order valence-corrected chi connectivity index (χ3v) is 9.00. The van der Waals surface area contributed by atoms with Gasteiger partial charge < -0.3 is 15.3 Å². The van der Waals surface area contributed by atoms with Crippen LogP contribution in [0.2, 0.25) is 5.02 Å². The molecule has 5 N–H and O–H groups in total. The molecule has 210 valence electrons. The van der Waals surface area contributed by atoms with Crippen molar-refractivity contribution in [1.29, 1.82) is 0 Å². The minimum absolute atomic E-state index is 0.129. The number of nitrogens with one attached hydrogen (secondary N) is 2. The van der Waals surface area contributed by atoms with Gasteiger partial charge in [-0.05, 0) is 75.2 Å². The number of hydrogen-bond donors (Lipinski definition) is 4. The topological polar surface area (TPSA) is 125 Å². The summed E-state index contributed by atoms with van der Waals surface area (Å²) in [5.74, 6) is 1.01. The summed E-state index contributed by atoms with van der Waals surface area (Å²) in [6.07, 6.45) is 10.4. The number of nitrogens with zero attached hydrogens (tertiary/aromatic N) is 1. The van der Waals surface area contributed by atoms with E-state index < -0.39 is 15.8 Å². The van der Waals surface area contributed by atoms with E-state index >= 15 is 0 Å². The number of carbonyl (C=O) groups excluding carboxylic acids is 1. The number of piperidine rings is 1. The lowest BCUT2D eigenvalue weighted by atomic mass is 9.74. The van der Waals surface area contributed by atoms with Crippen molar-refractivity contribution in [3.8, 4) is 0 Å². The molecular weight excluding hydrogens is 512 g/mol. The van der Waals surface area contributed by atoms with Gasteiger partial charge in [0.05, 0.1) is 5.60 Å². The molecule has 2 aliphatic rings. The molecule has 1 aromatic rings. The van der Waals surface area contributed by atoms with Gasteiger partial charge in [-0.1, -0.05) is 55.8 Å². The number of likely N-dealkylation sites (tertiary alicyclic amines) is 1. The molecule has 1 aliphatic carbocycles. The maximum atomic E-state index is 13.5. The predicted octanol–water partition coefficient (Wildman–Crippen LogP) is 3.54. The summed E-state index contributed by atoms with van der Waals surface area (Å²) in [6, 6.07) is 7.19. The molecule has 0 aromatic heterocycles. The highest BCUT2D eigenvalue weighted by atomic mass is 35.5. The monoisotopic (exact) mass is 556 g/mol. The molecule has 0 radical (unpaired) electrons. The molecule has 1 amide bonds. The van der Waals surface area contributed by atoms with E-state index in [2.05, 4.69) is 10.0 Å². The van der Waals surface area contributed by atoms with E-state index in [0.29, 0.717) is 54.8 Å². The summed E-state index contributed by atoms with van der Waals surface area (Å²) in [5.41, 5.74) is -0.545. The molecule has 1 aromatic carbocycles. The van der Waals surface area contributed by atoms with Crippen molar-refractivity contribution in [3.63, 3.8) is 0 Å². The molecule has 1 heterocycles. The Labute approximate surface area is 227 Å². The van der Waals surface area contributed by atoms with Crippen molar-refractivity contribution in [3.05, 3.63) is 34.9 Å². The Hall–Kier alpha value is -1.23. The fourth-order valence-corrected chi connectivity index (χ4v) is 6.92. The number of halogens is 1. The summed E-state index contributed by atoms with van der Waals surface area (Å²) in [7, 11) is -1.85. The van der Waals surface area contributed by atoms with E-state index in [4.69, 9.17) is 16.7 Å². The first kappa shape index (κ1) is 30.3. The van der Waals surface area contributed by atoms with Gasteiger partial charge in [0.1, 0.15) is 0 Å². The number of nitrogens with two attached hydrogens (primary N) is 1. The third kappa shape index (κ3) is 9.48.